The number of anilines is 1. The number of fused-ring (bicyclic) bond motifs is 1. The first-order valence-corrected chi connectivity index (χ1v) is 9.10. The van der Waals surface area contributed by atoms with Crippen LogP contribution in [0.4, 0.5) is 10.5 Å². The van der Waals surface area contributed by atoms with Crippen LogP contribution in [0.2, 0.25) is 0 Å². The van der Waals surface area contributed by atoms with Crippen molar-refractivity contribution in [1.29, 1.82) is 0 Å². The standard InChI is InChI=1S/C18H24N4O4/c23-18(20-15-3-2-14-11-19-26-17(14)10-15)22-4-1-7-25-16(13-22)12-21-5-8-24-9-6-21/h2-3,10-11,16H,1,4-9,12-13H2,(H,20,23). The van der Waals surface area contributed by atoms with Gasteiger partial charge < -0.3 is 24.2 Å². The molecule has 1 atom stereocenters. The molecular weight excluding hydrogens is 336 g/mol. The fourth-order valence-corrected chi connectivity index (χ4v) is 3.40. The Morgan fingerprint density at radius 2 is 2.12 bits per heavy atom. The van der Waals surface area contributed by atoms with Gasteiger partial charge in [0.25, 0.3) is 0 Å². The van der Waals surface area contributed by atoms with Gasteiger partial charge in [0, 0.05) is 56.5 Å². The number of carbonyl (C=O) groups is 1. The molecule has 2 saturated heterocycles. The summed E-state index contributed by atoms with van der Waals surface area (Å²) in [7, 11) is 0. The summed E-state index contributed by atoms with van der Waals surface area (Å²) in [4.78, 5) is 16.9. The summed E-state index contributed by atoms with van der Waals surface area (Å²) in [5.41, 5.74) is 1.36. The highest BCUT2D eigenvalue weighted by molar-refractivity contribution is 5.92. The second-order valence-electron chi connectivity index (χ2n) is 6.71. The van der Waals surface area contributed by atoms with E-state index >= 15 is 0 Å². The Kier molecular flexibility index (Phi) is 5.33. The molecule has 26 heavy (non-hydrogen) atoms. The maximum atomic E-state index is 12.7. The summed E-state index contributed by atoms with van der Waals surface area (Å²) in [6.45, 7) is 6.16. The van der Waals surface area contributed by atoms with E-state index in [0.717, 1.165) is 44.7 Å². The smallest absolute Gasteiger partial charge is 0.321 e. The van der Waals surface area contributed by atoms with Crippen LogP contribution in [-0.4, -0.2) is 79.6 Å². The van der Waals surface area contributed by atoms with Crippen LogP contribution in [-0.2, 0) is 9.47 Å². The molecule has 140 valence electrons. The zero-order valence-electron chi connectivity index (χ0n) is 14.7. The van der Waals surface area contributed by atoms with Crippen molar-refractivity contribution < 1.29 is 18.8 Å². The summed E-state index contributed by atoms with van der Waals surface area (Å²) >= 11 is 0. The van der Waals surface area contributed by atoms with Gasteiger partial charge in [-0.25, -0.2) is 4.79 Å². The fraction of sp³-hybridized carbons (Fsp3) is 0.556. The zero-order chi connectivity index (χ0) is 17.8. The molecule has 8 nitrogen and oxygen atoms in total. The number of amides is 2. The van der Waals surface area contributed by atoms with Gasteiger partial charge in [-0.2, -0.15) is 0 Å². The molecule has 2 aliphatic heterocycles. The van der Waals surface area contributed by atoms with Gasteiger partial charge in [0.1, 0.15) is 0 Å². The van der Waals surface area contributed by atoms with E-state index < -0.39 is 0 Å². The Balaban J connectivity index is 1.37. The maximum Gasteiger partial charge on any atom is 0.321 e. The van der Waals surface area contributed by atoms with Crippen molar-refractivity contribution in [2.24, 2.45) is 0 Å². The first-order valence-electron chi connectivity index (χ1n) is 9.10. The van der Waals surface area contributed by atoms with Crippen LogP contribution in [0.3, 0.4) is 0 Å². The summed E-state index contributed by atoms with van der Waals surface area (Å²) in [6.07, 6.45) is 2.52. The highest BCUT2D eigenvalue weighted by Gasteiger charge is 2.25. The van der Waals surface area contributed by atoms with E-state index in [9.17, 15) is 4.79 Å². The first kappa shape index (κ1) is 17.3. The molecule has 2 aliphatic rings. The van der Waals surface area contributed by atoms with Crippen molar-refractivity contribution in [1.82, 2.24) is 15.0 Å². The molecular formula is C18H24N4O4. The molecule has 2 amide bonds. The number of hydrogen-bond donors (Lipinski definition) is 1. The molecule has 0 spiro atoms. The summed E-state index contributed by atoms with van der Waals surface area (Å²) < 4.78 is 16.5. The highest BCUT2D eigenvalue weighted by Crippen LogP contribution is 2.19. The molecule has 2 aromatic rings. The minimum atomic E-state index is -0.110. The topological polar surface area (TPSA) is 80.1 Å². The number of nitrogens with one attached hydrogen (secondary N) is 1. The van der Waals surface area contributed by atoms with E-state index in [-0.39, 0.29) is 12.1 Å². The summed E-state index contributed by atoms with van der Waals surface area (Å²) in [5.74, 6) is 0. The van der Waals surface area contributed by atoms with Crippen molar-refractivity contribution in [2.75, 3.05) is 57.9 Å². The molecule has 1 N–H and O–H groups in total. The normalized spacial score (nSPS) is 22.3. The van der Waals surface area contributed by atoms with Crippen molar-refractivity contribution in [3.8, 4) is 0 Å². The van der Waals surface area contributed by atoms with E-state index in [4.69, 9.17) is 14.0 Å². The molecule has 8 heteroatoms. The van der Waals surface area contributed by atoms with Gasteiger partial charge in [0.2, 0.25) is 0 Å². The monoisotopic (exact) mass is 360 g/mol. The lowest BCUT2D eigenvalue weighted by Gasteiger charge is -2.31. The average molecular weight is 360 g/mol. The van der Waals surface area contributed by atoms with Gasteiger partial charge in [-0.15, -0.1) is 0 Å². The number of nitrogens with zero attached hydrogens (tertiary/aromatic N) is 3. The van der Waals surface area contributed by atoms with Gasteiger partial charge in [-0.05, 0) is 18.6 Å². The number of urea groups is 1. The van der Waals surface area contributed by atoms with Gasteiger partial charge in [0.15, 0.2) is 5.58 Å². The second-order valence-corrected chi connectivity index (χ2v) is 6.71. The van der Waals surface area contributed by atoms with E-state index in [1.54, 1.807) is 12.3 Å². The van der Waals surface area contributed by atoms with Crippen LogP contribution in [0.5, 0.6) is 0 Å². The Bertz CT molecular complexity index is 744. The second kappa shape index (κ2) is 8.03. The van der Waals surface area contributed by atoms with E-state index in [0.29, 0.717) is 31.0 Å². The molecule has 0 saturated carbocycles. The van der Waals surface area contributed by atoms with E-state index in [1.807, 2.05) is 17.0 Å². The van der Waals surface area contributed by atoms with Crippen LogP contribution < -0.4 is 5.32 Å². The molecule has 1 aromatic carbocycles. The molecule has 1 unspecified atom stereocenters. The van der Waals surface area contributed by atoms with E-state index in [1.165, 1.54) is 0 Å². The summed E-state index contributed by atoms with van der Waals surface area (Å²) in [6, 6.07) is 5.42. The van der Waals surface area contributed by atoms with Gasteiger partial charge in [-0.3, -0.25) is 4.90 Å². The van der Waals surface area contributed by atoms with Gasteiger partial charge in [0.05, 0.1) is 25.5 Å². The summed E-state index contributed by atoms with van der Waals surface area (Å²) in [5, 5.41) is 7.63. The third kappa shape index (κ3) is 4.14. The van der Waals surface area contributed by atoms with Gasteiger partial charge >= 0.3 is 6.03 Å². The van der Waals surface area contributed by atoms with E-state index in [2.05, 4.69) is 15.4 Å². The molecule has 3 heterocycles. The largest absolute Gasteiger partial charge is 0.379 e. The Morgan fingerprint density at radius 3 is 3.00 bits per heavy atom. The predicted molar refractivity (Wildman–Crippen MR) is 96.2 cm³/mol. The number of ether oxygens (including phenoxy) is 2. The van der Waals surface area contributed by atoms with Crippen LogP contribution >= 0.6 is 0 Å². The quantitative estimate of drug-likeness (QED) is 0.899. The number of rotatable bonds is 3. The molecule has 2 fully saturated rings. The van der Waals surface area contributed by atoms with Crippen LogP contribution in [0.1, 0.15) is 6.42 Å². The lowest BCUT2D eigenvalue weighted by atomic mass is 10.2. The highest BCUT2D eigenvalue weighted by atomic mass is 16.5. The minimum Gasteiger partial charge on any atom is -0.379 e. The SMILES string of the molecule is O=C(Nc1ccc2cnoc2c1)N1CCCOC(CN2CCOCC2)C1. The maximum absolute atomic E-state index is 12.7. The molecule has 0 aliphatic carbocycles. The number of morpholine rings is 1. The predicted octanol–water partition coefficient (Wildman–Crippen LogP) is 1.78. The van der Waals surface area contributed by atoms with Crippen molar-refractivity contribution in [2.45, 2.75) is 12.5 Å². The van der Waals surface area contributed by atoms with Crippen LogP contribution in [0, 0.1) is 0 Å². The fourth-order valence-electron chi connectivity index (χ4n) is 3.40. The van der Waals surface area contributed by atoms with Crippen molar-refractivity contribution in [3.63, 3.8) is 0 Å². The van der Waals surface area contributed by atoms with Crippen molar-refractivity contribution >= 4 is 22.7 Å². The average Bonchev–Trinajstić information content (AvgIpc) is 3.00. The Labute approximate surface area is 152 Å². The number of benzene rings is 1. The zero-order valence-corrected chi connectivity index (χ0v) is 14.7. The lowest BCUT2D eigenvalue weighted by molar-refractivity contribution is -0.00983. The Morgan fingerprint density at radius 1 is 1.23 bits per heavy atom. The van der Waals surface area contributed by atoms with Crippen LogP contribution in [0.15, 0.2) is 28.9 Å². The molecule has 0 radical (unpaired) electrons. The molecule has 0 bridgehead atoms. The number of hydrogen-bond acceptors (Lipinski definition) is 6. The number of aromatic nitrogens is 1. The number of carbonyl (C=O) groups excluding carboxylic acids is 1. The first-order chi connectivity index (χ1) is 12.8. The Hall–Kier alpha value is -2.16. The third-order valence-corrected chi connectivity index (χ3v) is 4.81. The van der Waals surface area contributed by atoms with Gasteiger partial charge in [-0.1, -0.05) is 5.16 Å². The van der Waals surface area contributed by atoms with Crippen LogP contribution in [0.25, 0.3) is 11.0 Å². The van der Waals surface area contributed by atoms with Crippen molar-refractivity contribution in [3.05, 3.63) is 24.4 Å². The third-order valence-electron chi connectivity index (χ3n) is 4.81. The molecule has 1 aromatic heterocycles. The minimum absolute atomic E-state index is 0.0260. The lowest BCUT2D eigenvalue weighted by Crippen LogP contribution is -2.46. The molecule has 4 rings (SSSR count).